The van der Waals surface area contributed by atoms with Crippen LogP contribution >= 0.6 is 11.3 Å². The van der Waals surface area contributed by atoms with Crippen LogP contribution < -0.4 is 4.74 Å². The molecule has 4 nitrogen and oxygen atoms in total. The molecule has 5 heterocycles. The van der Waals surface area contributed by atoms with Crippen LogP contribution in [0.3, 0.4) is 0 Å². The predicted molar refractivity (Wildman–Crippen MR) is 264 cm³/mol. The SMILES string of the molecule is C1=C\C(c2ccccc2-c2ccccn2)=C/Cc2cc(-n3c4ccccc4c4cc(-c5ccc6sc7ccc(-c8ccccc8-c8ccccn8)cc7c6c5)ccc43)ccc2OC/1. The van der Waals surface area contributed by atoms with Crippen molar-refractivity contribution in [3.63, 3.8) is 0 Å². The summed E-state index contributed by atoms with van der Waals surface area (Å²) in [4.78, 5) is 9.36. The van der Waals surface area contributed by atoms with Crippen LogP contribution in [0.2, 0.25) is 0 Å². The van der Waals surface area contributed by atoms with Crippen LogP contribution in [0, 0.1) is 0 Å². The Kier molecular flexibility index (Phi) is 9.12. The summed E-state index contributed by atoms with van der Waals surface area (Å²) in [6.45, 7) is 0.488. The molecule has 63 heavy (non-hydrogen) atoms. The average molecular weight is 826 g/mol. The van der Waals surface area contributed by atoms with Gasteiger partial charge in [-0.1, -0.05) is 109 Å². The lowest BCUT2D eigenvalue weighted by Gasteiger charge is -2.14. The Labute approximate surface area is 369 Å². The second kappa shape index (κ2) is 15.6. The lowest BCUT2D eigenvalue weighted by atomic mass is 9.95. The van der Waals surface area contributed by atoms with Crippen LogP contribution in [-0.2, 0) is 6.42 Å². The molecule has 0 fully saturated rings. The van der Waals surface area contributed by atoms with Gasteiger partial charge in [-0.2, -0.15) is 0 Å². The molecule has 4 aromatic heterocycles. The average Bonchev–Trinajstić information content (AvgIpc) is 3.92. The van der Waals surface area contributed by atoms with Crippen LogP contribution in [0.15, 0.2) is 213 Å². The van der Waals surface area contributed by atoms with Crippen LogP contribution in [-0.4, -0.2) is 21.1 Å². The van der Waals surface area contributed by atoms with Gasteiger partial charge in [-0.3, -0.25) is 9.97 Å². The minimum atomic E-state index is 0.488. The third-order valence-corrected chi connectivity index (χ3v) is 13.5. The summed E-state index contributed by atoms with van der Waals surface area (Å²) in [5, 5.41) is 5.00. The molecule has 298 valence electrons. The summed E-state index contributed by atoms with van der Waals surface area (Å²) in [6.07, 6.45) is 11.0. The van der Waals surface area contributed by atoms with Gasteiger partial charge in [0.2, 0.25) is 0 Å². The van der Waals surface area contributed by atoms with E-state index in [4.69, 9.17) is 4.74 Å². The van der Waals surface area contributed by atoms with E-state index in [0.717, 1.165) is 57.1 Å². The van der Waals surface area contributed by atoms with Crippen molar-refractivity contribution in [2.24, 2.45) is 0 Å². The molecule has 11 aromatic rings. The maximum Gasteiger partial charge on any atom is 0.123 e. The molecule has 0 unspecified atom stereocenters. The number of benzene rings is 7. The zero-order chi connectivity index (χ0) is 41.7. The number of ether oxygens (including phenoxy) is 1. The highest BCUT2D eigenvalue weighted by atomic mass is 32.1. The van der Waals surface area contributed by atoms with Crippen LogP contribution in [0.25, 0.3) is 98.0 Å². The molecule has 0 aliphatic carbocycles. The number of allylic oxidation sites excluding steroid dienone is 3. The predicted octanol–water partition coefficient (Wildman–Crippen LogP) is 15.2. The maximum atomic E-state index is 6.38. The monoisotopic (exact) mass is 825 g/mol. The van der Waals surface area contributed by atoms with Crippen molar-refractivity contribution in [1.29, 1.82) is 0 Å². The van der Waals surface area contributed by atoms with Crippen molar-refractivity contribution >= 4 is 58.9 Å². The second-order valence-corrected chi connectivity index (χ2v) is 17.1. The molecule has 0 amide bonds. The number of pyridine rings is 2. The molecule has 0 saturated heterocycles. The van der Waals surface area contributed by atoms with E-state index in [0.29, 0.717) is 6.61 Å². The zero-order valence-corrected chi connectivity index (χ0v) is 35.1. The molecular weight excluding hydrogens is 787 g/mol. The van der Waals surface area contributed by atoms with E-state index in [1.165, 1.54) is 64.2 Å². The van der Waals surface area contributed by atoms with Gasteiger partial charge in [0.25, 0.3) is 0 Å². The van der Waals surface area contributed by atoms with Gasteiger partial charge in [0, 0.05) is 65.7 Å². The zero-order valence-electron chi connectivity index (χ0n) is 34.3. The van der Waals surface area contributed by atoms with Gasteiger partial charge in [0.05, 0.1) is 22.4 Å². The van der Waals surface area contributed by atoms with E-state index < -0.39 is 0 Å². The molecule has 1 aliphatic rings. The van der Waals surface area contributed by atoms with Gasteiger partial charge >= 0.3 is 0 Å². The molecule has 5 heteroatoms. The molecular formula is C58H39N3OS. The molecule has 7 aromatic carbocycles. The number of aromatic nitrogens is 3. The van der Waals surface area contributed by atoms with Crippen molar-refractivity contribution in [3.8, 4) is 56.2 Å². The summed E-state index contributed by atoms with van der Waals surface area (Å²) in [6, 6.07) is 65.4. The number of fused-ring (bicyclic) bond motifs is 7. The van der Waals surface area contributed by atoms with Gasteiger partial charge in [0.1, 0.15) is 12.4 Å². The summed E-state index contributed by atoms with van der Waals surface area (Å²) < 4.78 is 11.4. The minimum Gasteiger partial charge on any atom is -0.489 e. The molecule has 0 atom stereocenters. The van der Waals surface area contributed by atoms with Crippen LogP contribution in [0.5, 0.6) is 5.75 Å². The van der Waals surface area contributed by atoms with E-state index in [1.807, 2.05) is 41.9 Å². The standard InChI is InChI=1S/C58H39N3OS/c1-3-15-46(52-18-7-9-31-59-52)44(13-1)38-12-11-33-62-56-28-26-43(34-42(56)22-21-38)61-54-20-6-5-17-48(54)49-35-39(23-27-55(49)61)40-24-29-57-50(36-40)51-37-41(25-30-58(51)63-57)45-14-2-4-16-47(45)53-19-8-10-32-60-53/h1-21,23-32,34-37H,22,33H2/b12-11-,38-21+. The van der Waals surface area contributed by atoms with Gasteiger partial charge < -0.3 is 9.30 Å². The molecule has 0 bridgehead atoms. The molecule has 0 radical (unpaired) electrons. The first-order valence-corrected chi connectivity index (χ1v) is 22.2. The highest BCUT2D eigenvalue weighted by Crippen LogP contribution is 2.42. The van der Waals surface area contributed by atoms with E-state index in [2.05, 4.69) is 197 Å². The van der Waals surface area contributed by atoms with Crippen molar-refractivity contribution in [2.45, 2.75) is 6.42 Å². The lowest BCUT2D eigenvalue weighted by Crippen LogP contribution is -2.00. The first-order valence-electron chi connectivity index (χ1n) is 21.4. The van der Waals surface area contributed by atoms with Crippen LogP contribution in [0.4, 0.5) is 0 Å². The Morgan fingerprint density at radius 2 is 1.08 bits per heavy atom. The maximum absolute atomic E-state index is 6.38. The highest BCUT2D eigenvalue weighted by molar-refractivity contribution is 7.25. The Balaban J connectivity index is 0.926. The number of nitrogens with zero attached hydrogens (tertiary/aromatic N) is 3. The van der Waals surface area contributed by atoms with Crippen molar-refractivity contribution in [2.75, 3.05) is 6.61 Å². The Morgan fingerprint density at radius 3 is 1.83 bits per heavy atom. The lowest BCUT2D eigenvalue weighted by molar-refractivity contribution is 0.360. The van der Waals surface area contributed by atoms with Crippen molar-refractivity contribution < 1.29 is 4.74 Å². The second-order valence-electron chi connectivity index (χ2n) is 16.0. The topological polar surface area (TPSA) is 39.9 Å². The number of para-hydroxylation sites is 1. The molecule has 12 rings (SSSR count). The fourth-order valence-electron chi connectivity index (χ4n) is 9.32. The number of hydrogen-bond acceptors (Lipinski definition) is 4. The molecule has 0 saturated carbocycles. The van der Waals surface area contributed by atoms with Crippen LogP contribution in [0.1, 0.15) is 11.1 Å². The minimum absolute atomic E-state index is 0.488. The third kappa shape index (κ3) is 6.62. The number of thiophene rings is 1. The Bertz CT molecular complexity index is 3600. The van der Waals surface area contributed by atoms with Gasteiger partial charge in [-0.15, -0.1) is 11.3 Å². The first-order chi connectivity index (χ1) is 31.2. The quantitative estimate of drug-likeness (QED) is 0.168. The van der Waals surface area contributed by atoms with Gasteiger partial charge in [-0.05, 0) is 131 Å². The fourth-order valence-corrected chi connectivity index (χ4v) is 10.4. The number of rotatable bonds is 6. The van der Waals surface area contributed by atoms with Gasteiger partial charge in [-0.25, -0.2) is 0 Å². The first kappa shape index (κ1) is 36.9. The highest BCUT2D eigenvalue weighted by Gasteiger charge is 2.18. The van der Waals surface area contributed by atoms with E-state index in [9.17, 15) is 0 Å². The van der Waals surface area contributed by atoms with E-state index in [-0.39, 0.29) is 0 Å². The molecule has 0 N–H and O–H groups in total. The Morgan fingerprint density at radius 1 is 0.476 bits per heavy atom. The summed E-state index contributed by atoms with van der Waals surface area (Å²) >= 11 is 1.85. The smallest absolute Gasteiger partial charge is 0.123 e. The summed E-state index contributed by atoms with van der Waals surface area (Å²) in [5.41, 5.74) is 15.9. The third-order valence-electron chi connectivity index (χ3n) is 12.3. The molecule has 1 aliphatic heterocycles. The summed E-state index contributed by atoms with van der Waals surface area (Å²) in [5.74, 6) is 0.905. The van der Waals surface area contributed by atoms with E-state index >= 15 is 0 Å². The molecule has 0 spiro atoms. The summed E-state index contributed by atoms with van der Waals surface area (Å²) in [7, 11) is 0. The largest absolute Gasteiger partial charge is 0.489 e. The van der Waals surface area contributed by atoms with Crippen molar-refractivity contribution in [1.82, 2.24) is 14.5 Å². The number of hydrogen-bond donors (Lipinski definition) is 0. The normalized spacial score (nSPS) is 14.1. The van der Waals surface area contributed by atoms with E-state index in [1.54, 1.807) is 0 Å². The fraction of sp³-hybridized carbons (Fsp3) is 0.0345. The van der Waals surface area contributed by atoms with Gasteiger partial charge in [0.15, 0.2) is 0 Å². The Hall–Kier alpha value is -7.86. The van der Waals surface area contributed by atoms with Crippen molar-refractivity contribution in [3.05, 3.63) is 224 Å².